The van der Waals surface area contributed by atoms with Crippen molar-refractivity contribution in [1.29, 1.82) is 0 Å². The largest absolute Gasteiger partial charge is 0.504 e. The molecule has 0 saturated heterocycles. The first-order valence-corrected chi connectivity index (χ1v) is 12.1. The number of esters is 2. The minimum absolute atomic E-state index is 0.0338. The SMILES string of the molecule is CCC(CC)O[C@@H]1C=C(C(=O)OCCCOC(=O)/C=C/c2ccc(O)c(O)c2)C[C@H](N)[C@H]1NC(C)=O. The van der Waals surface area contributed by atoms with Crippen molar-refractivity contribution < 1.29 is 38.8 Å². The fourth-order valence-corrected chi connectivity index (χ4v) is 3.74. The molecule has 5 N–H and O–H groups in total. The summed E-state index contributed by atoms with van der Waals surface area (Å²) in [5, 5.41) is 21.6. The van der Waals surface area contributed by atoms with Crippen LogP contribution in [0.2, 0.25) is 0 Å². The van der Waals surface area contributed by atoms with E-state index in [0.29, 0.717) is 17.6 Å². The van der Waals surface area contributed by atoms with Gasteiger partial charge in [-0.3, -0.25) is 4.79 Å². The van der Waals surface area contributed by atoms with E-state index >= 15 is 0 Å². The van der Waals surface area contributed by atoms with Gasteiger partial charge in [-0.2, -0.15) is 0 Å². The van der Waals surface area contributed by atoms with Crippen molar-refractivity contribution in [3.63, 3.8) is 0 Å². The van der Waals surface area contributed by atoms with Crippen LogP contribution in [0.15, 0.2) is 35.9 Å². The van der Waals surface area contributed by atoms with Gasteiger partial charge in [-0.25, -0.2) is 9.59 Å². The molecule has 0 bridgehead atoms. The number of benzene rings is 1. The molecule has 0 saturated carbocycles. The van der Waals surface area contributed by atoms with Gasteiger partial charge in [-0.15, -0.1) is 0 Å². The smallest absolute Gasteiger partial charge is 0.333 e. The highest BCUT2D eigenvalue weighted by Gasteiger charge is 2.35. The standard InChI is InChI=1S/C26H36N2O8/c1-4-19(5-2)36-23-15-18(14-20(27)25(23)28-16(3)29)26(33)35-12-6-11-34-24(32)10-8-17-7-9-21(30)22(31)13-17/h7-10,13,15,19-20,23,25,30-31H,4-6,11-12,14,27H2,1-3H3,(H,28,29)/b10-8+/t20-,23+,25+/m0/s1. The van der Waals surface area contributed by atoms with E-state index in [-0.39, 0.29) is 43.1 Å². The maximum Gasteiger partial charge on any atom is 0.333 e. The van der Waals surface area contributed by atoms with E-state index < -0.39 is 30.1 Å². The highest BCUT2D eigenvalue weighted by atomic mass is 16.5. The van der Waals surface area contributed by atoms with E-state index in [2.05, 4.69) is 5.32 Å². The third-order valence-electron chi connectivity index (χ3n) is 5.71. The number of hydrogen-bond donors (Lipinski definition) is 4. The predicted octanol–water partition coefficient (Wildman–Crippen LogP) is 2.32. The molecule has 1 amide bonds. The Hall–Kier alpha value is -3.37. The lowest BCUT2D eigenvalue weighted by atomic mass is 9.88. The maximum atomic E-state index is 12.6. The van der Waals surface area contributed by atoms with Crippen molar-refractivity contribution >= 4 is 23.9 Å². The molecule has 0 heterocycles. The normalized spacial score (nSPS) is 19.7. The summed E-state index contributed by atoms with van der Waals surface area (Å²) in [7, 11) is 0. The molecule has 0 aliphatic heterocycles. The topological polar surface area (TPSA) is 157 Å². The zero-order chi connectivity index (χ0) is 26.7. The summed E-state index contributed by atoms with van der Waals surface area (Å²) >= 11 is 0. The number of nitrogens with two attached hydrogens (primary N) is 1. The fraction of sp³-hybridized carbons (Fsp3) is 0.500. The van der Waals surface area contributed by atoms with Crippen LogP contribution in [0.1, 0.15) is 52.0 Å². The Morgan fingerprint density at radius 3 is 2.47 bits per heavy atom. The molecule has 2 rings (SSSR count). The summed E-state index contributed by atoms with van der Waals surface area (Å²) in [6.45, 7) is 5.51. The van der Waals surface area contributed by atoms with Gasteiger partial charge in [-0.05, 0) is 49.1 Å². The van der Waals surface area contributed by atoms with Crippen LogP contribution >= 0.6 is 0 Å². The van der Waals surface area contributed by atoms with Crippen LogP contribution in [-0.4, -0.2) is 65.6 Å². The second kappa shape index (κ2) is 14.3. The number of aromatic hydroxyl groups is 2. The molecular formula is C26H36N2O8. The summed E-state index contributed by atoms with van der Waals surface area (Å²) in [5.74, 6) is -1.89. The van der Waals surface area contributed by atoms with Gasteiger partial charge in [0.05, 0.1) is 31.5 Å². The number of carbonyl (C=O) groups excluding carboxylic acids is 3. The van der Waals surface area contributed by atoms with Crippen molar-refractivity contribution in [2.45, 2.75) is 70.7 Å². The molecule has 10 nitrogen and oxygen atoms in total. The zero-order valence-electron chi connectivity index (χ0n) is 20.9. The summed E-state index contributed by atoms with van der Waals surface area (Å²) in [5.41, 5.74) is 7.17. The molecule has 1 aliphatic carbocycles. The van der Waals surface area contributed by atoms with Gasteiger partial charge in [0.15, 0.2) is 11.5 Å². The number of nitrogens with one attached hydrogen (secondary N) is 1. The molecule has 0 fully saturated rings. The molecule has 0 aromatic heterocycles. The lowest BCUT2D eigenvalue weighted by Gasteiger charge is -2.36. The van der Waals surface area contributed by atoms with Crippen LogP contribution in [0.4, 0.5) is 0 Å². The monoisotopic (exact) mass is 504 g/mol. The van der Waals surface area contributed by atoms with Gasteiger partial charge in [0.2, 0.25) is 5.91 Å². The third kappa shape index (κ3) is 9.01. The van der Waals surface area contributed by atoms with Crippen LogP contribution in [0, 0.1) is 0 Å². The molecule has 1 aliphatic rings. The lowest BCUT2D eigenvalue weighted by Crippen LogP contribution is -2.57. The van der Waals surface area contributed by atoms with Crippen LogP contribution in [0.25, 0.3) is 6.08 Å². The van der Waals surface area contributed by atoms with E-state index in [1.807, 2.05) is 13.8 Å². The number of phenolic OH excluding ortho intramolecular Hbond substituents is 2. The van der Waals surface area contributed by atoms with E-state index in [4.69, 9.17) is 19.9 Å². The predicted molar refractivity (Wildman–Crippen MR) is 133 cm³/mol. The molecule has 10 heteroatoms. The van der Waals surface area contributed by atoms with Crippen molar-refractivity contribution in [3.05, 3.63) is 41.5 Å². The van der Waals surface area contributed by atoms with E-state index in [1.165, 1.54) is 37.3 Å². The van der Waals surface area contributed by atoms with Crippen LogP contribution in [0.3, 0.4) is 0 Å². The minimum atomic E-state index is -0.597. The molecule has 0 radical (unpaired) electrons. The first-order valence-electron chi connectivity index (χ1n) is 12.1. The molecule has 36 heavy (non-hydrogen) atoms. The molecular weight excluding hydrogens is 468 g/mol. The highest BCUT2D eigenvalue weighted by Crippen LogP contribution is 2.26. The van der Waals surface area contributed by atoms with Crippen molar-refractivity contribution in [2.24, 2.45) is 5.73 Å². The number of hydrogen-bond acceptors (Lipinski definition) is 9. The molecule has 0 spiro atoms. The summed E-state index contributed by atoms with van der Waals surface area (Å²) in [6.07, 6.45) is 5.83. The van der Waals surface area contributed by atoms with Crippen LogP contribution < -0.4 is 11.1 Å². The number of ether oxygens (including phenoxy) is 3. The number of carbonyl (C=O) groups is 3. The summed E-state index contributed by atoms with van der Waals surface area (Å²) in [6, 6.07) is 3.19. The van der Waals surface area contributed by atoms with E-state index in [1.54, 1.807) is 6.08 Å². The Morgan fingerprint density at radius 2 is 1.83 bits per heavy atom. The Kier molecular flexibility index (Phi) is 11.4. The quantitative estimate of drug-likeness (QED) is 0.145. The van der Waals surface area contributed by atoms with Gasteiger partial charge in [0.25, 0.3) is 0 Å². The fourth-order valence-electron chi connectivity index (χ4n) is 3.74. The molecule has 1 aromatic carbocycles. The number of phenols is 2. The van der Waals surface area contributed by atoms with E-state index in [0.717, 1.165) is 12.8 Å². The van der Waals surface area contributed by atoms with Gasteiger partial charge in [0, 0.05) is 31.0 Å². The molecule has 198 valence electrons. The Labute approximate surface area is 211 Å². The van der Waals surface area contributed by atoms with Crippen LogP contribution in [-0.2, 0) is 28.6 Å². The van der Waals surface area contributed by atoms with Gasteiger partial charge in [-0.1, -0.05) is 19.9 Å². The molecule has 3 atom stereocenters. The zero-order valence-corrected chi connectivity index (χ0v) is 20.9. The maximum absolute atomic E-state index is 12.6. The van der Waals surface area contributed by atoms with Crippen molar-refractivity contribution in [1.82, 2.24) is 5.32 Å². The average molecular weight is 505 g/mol. The van der Waals surface area contributed by atoms with Gasteiger partial charge in [0.1, 0.15) is 0 Å². The van der Waals surface area contributed by atoms with Gasteiger partial charge >= 0.3 is 11.9 Å². The second-order valence-electron chi connectivity index (χ2n) is 8.56. The first kappa shape index (κ1) is 28.9. The third-order valence-corrected chi connectivity index (χ3v) is 5.71. The highest BCUT2D eigenvalue weighted by molar-refractivity contribution is 5.89. The number of rotatable bonds is 12. The van der Waals surface area contributed by atoms with Crippen molar-refractivity contribution in [2.75, 3.05) is 13.2 Å². The second-order valence-corrected chi connectivity index (χ2v) is 8.56. The Balaban J connectivity index is 1.84. The summed E-state index contributed by atoms with van der Waals surface area (Å²) in [4.78, 5) is 36.1. The number of amides is 1. The van der Waals surface area contributed by atoms with Crippen LogP contribution in [0.5, 0.6) is 11.5 Å². The Morgan fingerprint density at radius 1 is 1.14 bits per heavy atom. The summed E-state index contributed by atoms with van der Waals surface area (Å²) < 4.78 is 16.5. The Bertz CT molecular complexity index is 971. The molecule has 0 unspecified atom stereocenters. The minimum Gasteiger partial charge on any atom is -0.504 e. The van der Waals surface area contributed by atoms with Crippen molar-refractivity contribution in [3.8, 4) is 11.5 Å². The molecule has 1 aromatic rings. The van der Waals surface area contributed by atoms with Gasteiger partial charge < -0.3 is 35.5 Å². The van der Waals surface area contributed by atoms with E-state index in [9.17, 15) is 24.6 Å². The first-order chi connectivity index (χ1) is 17.1. The average Bonchev–Trinajstić information content (AvgIpc) is 2.84. The lowest BCUT2D eigenvalue weighted by molar-refractivity contribution is -0.141.